The van der Waals surface area contributed by atoms with Crippen molar-refractivity contribution in [1.82, 2.24) is 4.37 Å². The Kier molecular flexibility index (Phi) is 4.92. The van der Waals surface area contributed by atoms with E-state index in [0.717, 1.165) is 16.4 Å². The number of benzene rings is 1. The molecule has 1 aromatic carbocycles. The largest absolute Gasteiger partial charge is 0.478 e. The van der Waals surface area contributed by atoms with Crippen LogP contribution in [-0.4, -0.2) is 27.1 Å². The van der Waals surface area contributed by atoms with Gasteiger partial charge in [-0.05, 0) is 42.7 Å². The number of thioether (sulfide) groups is 1. The van der Waals surface area contributed by atoms with Gasteiger partial charge in [-0.25, -0.2) is 9.18 Å². The molecule has 1 heterocycles. The molecule has 0 unspecified atom stereocenters. The lowest BCUT2D eigenvalue weighted by Gasteiger charge is -2.04. The van der Waals surface area contributed by atoms with E-state index in [0.29, 0.717) is 5.69 Å². The third-order valence-corrected chi connectivity index (χ3v) is 4.38. The number of aromatic carboxylic acids is 1. The van der Waals surface area contributed by atoms with Crippen molar-refractivity contribution >= 4 is 40.2 Å². The van der Waals surface area contributed by atoms with Crippen molar-refractivity contribution in [2.45, 2.75) is 11.8 Å². The molecule has 0 radical (unpaired) electrons. The summed E-state index contributed by atoms with van der Waals surface area (Å²) >= 11 is 2.17. The fourth-order valence-corrected chi connectivity index (χ4v) is 3.05. The summed E-state index contributed by atoms with van der Waals surface area (Å²) in [4.78, 5) is 23.6. The van der Waals surface area contributed by atoms with Crippen molar-refractivity contribution in [3.8, 4) is 0 Å². The van der Waals surface area contributed by atoms with Crippen molar-refractivity contribution in [3.05, 3.63) is 41.3 Å². The van der Waals surface area contributed by atoms with Crippen LogP contribution in [0.5, 0.6) is 0 Å². The highest BCUT2D eigenvalue weighted by atomic mass is 32.2. The van der Waals surface area contributed by atoms with Gasteiger partial charge in [0.15, 0.2) is 0 Å². The molecule has 0 aliphatic heterocycles. The maximum atomic E-state index is 12.7. The van der Waals surface area contributed by atoms with Gasteiger partial charge in [0.05, 0.1) is 11.4 Å². The molecular weight excluding hydrogens is 315 g/mol. The first-order valence-electron chi connectivity index (χ1n) is 5.85. The molecule has 0 fully saturated rings. The normalized spacial score (nSPS) is 10.4. The van der Waals surface area contributed by atoms with Crippen molar-refractivity contribution < 1.29 is 19.1 Å². The predicted octanol–water partition coefficient (Wildman–Crippen LogP) is 3.02. The van der Waals surface area contributed by atoms with E-state index < -0.39 is 5.97 Å². The number of carbonyl (C=O) groups is 2. The van der Waals surface area contributed by atoms with Crippen molar-refractivity contribution in [3.63, 3.8) is 0 Å². The summed E-state index contributed by atoms with van der Waals surface area (Å²) in [6, 6.07) is 5.78. The zero-order valence-electron chi connectivity index (χ0n) is 10.9. The Labute approximate surface area is 128 Å². The van der Waals surface area contributed by atoms with E-state index in [1.165, 1.54) is 23.9 Å². The fourth-order valence-electron chi connectivity index (χ4n) is 1.55. The second kappa shape index (κ2) is 6.68. The van der Waals surface area contributed by atoms with Gasteiger partial charge in [-0.15, -0.1) is 11.8 Å². The highest BCUT2D eigenvalue weighted by Gasteiger charge is 2.19. The lowest BCUT2D eigenvalue weighted by molar-refractivity contribution is -0.113. The van der Waals surface area contributed by atoms with Gasteiger partial charge < -0.3 is 10.4 Å². The molecule has 1 aromatic heterocycles. The molecule has 0 atom stereocenters. The summed E-state index contributed by atoms with van der Waals surface area (Å²) in [6.45, 7) is 1.57. The van der Waals surface area contributed by atoms with Gasteiger partial charge in [-0.3, -0.25) is 4.79 Å². The molecule has 0 aliphatic rings. The van der Waals surface area contributed by atoms with Crippen LogP contribution < -0.4 is 5.32 Å². The number of anilines is 1. The molecule has 0 saturated carbocycles. The Hall–Kier alpha value is -1.93. The maximum absolute atomic E-state index is 12.7. The van der Waals surface area contributed by atoms with Gasteiger partial charge in [-0.2, -0.15) is 4.37 Å². The average molecular weight is 326 g/mol. The van der Waals surface area contributed by atoms with Crippen LogP contribution in [0.15, 0.2) is 29.2 Å². The van der Waals surface area contributed by atoms with Crippen LogP contribution in [0.3, 0.4) is 0 Å². The number of amides is 1. The third kappa shape index (κ3) is 4.02. The van der Waals surface area contributed by atoms with Gasteiger partial charge >= 0.3 is 5.97 Å². The fraction of sp³-hybridized carbons (Fsp3) is 0.154. The second-order valence-electron chi connectivity index (χ2n) is 4.07. The number of carboxylic acids is 1. The Morgan fingerprint density at radius 1 is 1.38 bits per heavy atom. The number of halogens is 1. The molecular formula is C13H11FN2O3S2. The third-order valence-electron chi connectivity index (χ3n) is 2.51. The van der Waals surface area contributed by atoms with E-state index in [2.05, 4.69) is 9.69 Å². The highest BCUT2D eigenvalue weighted by Crippen LogP contribution is 2.25. The van der Waals surface area contributed by atoms with Gasteiger partial charge in [-0.1, -0.05) is 0 Å². The first-order valence-corrected chi connectivity index (χ1v) is 7.61. The average Bonchev–Trinajstić information content (AvgIpc) is 2.79. The zero-order chi connectivity index (χ0) is 15.4. The zero-order valence-corrected chi connectivity index (χ0v) is 12.6. The summed E-state index contributed by atoms with van der Waals surface area (Å²) in [5.41, 5.74) is 0.383. The minimum atomic E-state index is -1.12. The van der Waals surface area contributed by atoms with Gasteiger partial charge in [0.2, 0.25) is 5.91 Å². The summed E-state index contributed by atoms with van der Waals surface area (Å²) in [5.74, 6) is -1.70. The molecule has 2 N–H and O–H groups in total. The first-order chi connectivity index (χ1) is 9.97. The first kappa shape index (κ1) is 15.5. The van der Waals surface area contributed by atoms with Crippen LogP contribution in [0.1, 0.15) is 16.1 Å². The lowest BCUT2D eigenvalue weighted by Crippen LogP contribution is -2.15. The van der Waals surface area contributed by atoms with E-state index in [1.807, 2.05) is 0 Å². The van der Waals surface area contributed by atoms with Crippen LogP contribution in [0, 0.1) is 12.7 Å². The number of nitrogens with zero attached hydrogens (tertiary/aromatic N) is 1. The number of hydrogen-bond donors (Lipinski definition) is 2. The van der Waals surface area contributed by atoms with E-state index in [4.69, 9.17) is 5.11 Å². The number of rotatable bonds is 5. The van der Waals surface area contributed by atoms with Gasteiger partial charge in [0.25, 0.3) is 0 Å². The molecule has 8 heteroatoms. The monoisotopic (exact) mass is 326 g/mol. The molecule has 21 heavy (non-hydrogen) atoms. The quantitative estimate of drug-likeness (QED) is 0.826. The topological polar surface area (TPSA) is 79.3 Å². The second-order valence-corrected chi connectivity index (χ2v) is 5.89. The predicted molar refractivity (Wildman–Crippen MR) is 79.6 cm³/mol. The Bertz CT molecular complexity index is 671. The molecule has 1 amide bonds. The standard InChI is InChI=1S/C13H11FN2O3S2/c1-7-11(13(18)19)12(21-16-7)15-10(17)6-20-9-4-2-8(14)3-5-9/h2-5H,6H2,1H3,(H,15,17)(H,18,19). The SMILES string of the molecule is Cc1nsc(NC(=O)CSc2ccc(F)cc2)c1C(=O)O. The van der Waals surface area contributed by atoms with Crippen LogP contribution in [0.25, 0.3) is 0 Å². The Morgan fingerprint density at radius 3 is 2.67 bits per heavy atom. The number of aromatic nitrogens is 1. The molecule has 2 aromatic rings. The van der Waals surface area contributed by atoms with E-state index in [9.17, 15) is 14.0 Å². The molecule has 0 spiro atoms. The van der Waals surface area contributed by atoms with Gasteiger partial charge in [0.1, 0.15) is 16.4 Å². The lowest BCUT2D eigenvalue weighted by atomic mass is 10.2. The number of carbonyl (C=O) groups excluding carboxylic acids is 1. The smallest absolute Gasteiger partial charge is 0.340 e. The van der Waals surface area contributed by atoms with E-state index >= 15 is 0 Å². The van der Waals surface area contributed by atoms with E-state index in [-0.39, 0.29) is 28.0 Å². The van der Waals surface area contributed by atoms with Crippen LogP contribution >= 0.6 is 23.3 Å². The Balaban J connectivity index is 1.96. The van der Waals surface area contributed by atoms with Gasteiger partial charge in [0, 0.05) is 4.90 Å². The van der Waals surface area contributed by atoms with Crippen LogP contribution in [0.4, 0.5) is 9.39 Å². The molecule has 2 rings (SSSR count). The molecule has 110 valence electrons. The maximum Gasteiger partial charge on any atom is 0.340 e. The summed E-state index contributed by atoms with van der Waals surface area (Å²) in [5, 5.41) is 11.8. The molecule has 0 bridgehead atoms. The molecule has 5 nitrogen and oxygen atoms in total. The van der Waals surface area contributed by atoms with Crippen molar-refractivity contribution in [2.75, 3.05) is 11.1 Å². The summed E-state index contributed by atoms with van der Waals surface area (Å²) in [7, 11) is 0. The van der Waals surface area contributed by atoms with Crippen LogP contribution in [0.2, 0.25) is 0 Å². The number of hydrogen-bond acceptors (Lipinski definition) is 5. The van der Waals surface area contributed by atoms with E-state index in [1.54, 1.807) is 19.1 Å². The number of carboxylic acid groups (broad SMARTS) is 1. The molecule has 0 saturated heterocycles. The van der Waals surface area contributed by atoms with Crippen molar-refractivity contribution in [1.29, 1.82) is 0 Å². The Morgan fingerprint density at radius 2 is 2.05 bits per heavy atom. The van der Waals surface area contributed by atoms with Crippen LogP contribution in [-0.2, 0) is 4.79 Å². The number of aryl methyl sites for hydroxylation is 1. The highest BCUT2D eigenvalue weighted by molar-refractivity contribution is 8.00. The minimum Gasteiger partial charge on any atom is -0.478 e. The van der Waals surface area contributed by atoms with Crippen molar-refractivity contribution in [2.24, 2.45) is 0 Å². The molecule has 0 aliphatic carbocycles. The number of nitrogens with one attached hydrogen (secondary N) is 1. The minimum absolute atomic E-state index is 0.0140. The summed E-state index contributed by atoms with van der Waals surface area (Å²) < 4.78 is 16.7. The summed E-state index contributed by atoms with van der Waals surface area (Å²) in [6.07, 6.45) is 0.